The zero-order chi connectivity index (χ0) is 22.3. The first-order valence-corrected chi connectivity index (χ1v) is 10.9. The Kier molecular flexibility index (Phi) is 5.65. The van der Waals surface area contributed by atoms with E-state index in [1.54, 1.807) is 14.2 Å². The molecular weight excluding hydrogens is 390 g/mol. The van der Waals surface area contributed by atoms with Crippen molar-refractivity contribution in [1.29, 1.82) is 0 Å². The Morgan fingerprint density at radius 1 is 1.23 bits per heavy atom. The summed E-state index contributed by atoms with van der Waals surface area (Å²) in [5.74, 6) is 1.92. The standard InChI is InChI=1S/C26H33NO4/c1-16-12-22-20-14-23(30-6)24(31-11-7-10-29-5)13-19(20)18-8-9-26(3,4)25(18)27(22)15-21(16)17(2)28/h12-15,18,25,28H,1-2,7-11H2,3-6H3/t18-,25-/m0/s1. The number of ether oxygens (including phenoxy) is 3. The molecular formula is C26H33NO4. The Hall–Kier alpha value is -2.66. The molecule has 0 radical (unpaired) electrons. The summed E-state index contributed by atoms with van der Waals surface area (Å²) < 4.78 is 16.9. The molecule has 1 aromatic rings. The van der Waals surface area contributed by atoms with Gasteiger partial charge in [-0.15, -0.1) is 0 Å². The predicted molar refractivity (Wildman–Crippen MR) is 123 cm³/mol. The number of fused-ring (bicyclic) bond motifs is 6. The van der Waals surface area contributed by atoms with E-state index >= 15 is 0 Å². The van der Waals surface area contributed by atoms with Gasteiger partial charge in [-0.2, -0.15) is 0 Å². The van der Waals surface area contributed by atoms with Crippen LogP contribution >= 0.6 is 0 Å². The molecule has 0 saturated heterocycles. The lowest BCUT2D eigenvalue weighted by molar-refractivity contribution is 0.170. The number of methoxy groups -OCH3 is 2. The van der Waals surface area contributed by atoms with E-state index in [4.69, 9.17) is 14.2 Å². The van der Waals surface area contributed by atoms with Crippen molar-refractivity contribution in [3.63, 3.8) is 0 Å². The Morgan fingerprint density at radius 3 is 2.68 bits per heavy atom. The molecule has 3 aliphatic rings. The van der Waals surface area contributed by atoms with Gasteiger partial charge < -0.3 is 24.2 Å². The normalized spacial score (nSPS) is 23.4. The highest BCUT2D eigenvalue weighted by atomic mass is 16.5. The summed E-state index contributed by atoms with van der Waals surface area (Å²) in [4.78, 5) is 2.32. The number of benzene rings is 1. The van der Waals surface area contributed by atoms with Gasteiger partial charge in [0, 0.05) is 55.1 Å². The van der Waals surface area contributed by atoms with E-state index in [1.807, 2.05) is 6.20 Å². The minimum atomic E-state index is 0.0517. The molecule has 0 amide bonds. The van der Waals surface area contributed by atoms with Gasteiger partial charge in [-0.1, -0.05) is 27.0 Å². The SMILES string of the molecule is C=C(O)C1=CN2C(=CC1=C)c1cc(OC)c(OCCCOC)cc1[C@@H]1CCC(C)(C)[C@H]12. The summed E-state index contributed by atoms with van der Waals surface area (Å²) in [6.45, 7) is 13.8. The minimum absolute atomic E-state index is 0.0517. The third-order valence-corrected chi connectivity index (χ3v) is 6.86. The first kappa shape index (κ1) is 21.6. The zero-order valence-electron chi connectivity index (χ0n) is 19.0. The fraction of sp³-hybridized carbons (Fsp3) is 0.462. The molecule has 0 spiro atoms. The quantitative estimate of drug-likeness (QED) is 0.459. The maximum Gasteiger partial charge on any atom is 0.161 e. The molecule has 0 unspecified atom stereocenters. The van der Waals surface area contributed by atoms with Crippen molar-refractivity contribution in [1.82, 2.24) is 4.90 Å². The largest absolute Gasteiger partial charge is 0.508 e. The van der Waals surface area contributed by atoms with Crippen molar-refractivity contribution in [2.45, 2.75) is 45.1 Å². The van der Waals surface area contributed by atoms with Crippen LogP contribution in [0.15, 0.2) is 54.5 Å². The molecule has 0 bridgehead atoms. The second kappa shape index (κ2) is 8.12. The number of aliphatic hydroxyl groups excluding tert-OH is 1. The molecule has 2 heterocycles. The third-order valence-electron chi connectivity index (χ3n) is 6.86. The van der Waals surface area contributed by atoms with Crippen LogP contribution in [-0.2, 0) is 4.74 Å². The summed E-state index contributed by atoms with van der Waals surface area (Å²) in [7, 11) is 3.37. The summed E-state index contributed by atoms with van der Waals surface area (Å²) in [6.07, 6.45) is 7.14. The number of allylic oxidation sites excluding steroid dienone is 2. The maximum atomic E-state index is 10.1. The van der Waals surface area contributed by atoms with Gasteiger partial charge in [0.1, 0.15) is 5.76 Å². The maximum absolute atomic E-state index is 10.1. The average Bonchev–Trinajstić information content (AvgIpc) is 3.05. The van der Waals surface area contributed by atoms with E-state index < -0.39 is 0 Å². The second-order valence-corrected chi connectivity index (χ2v) is 9.32. The van der Waals surface area contributed by atoms with Crippen LogP contribution in [0.4, 0.5) is 0 Å². The van der Waals surface area contributed by atoms with Crippen molar-refractivity contribution >= 4 is 5.70 Å². The molecule has 2 aliphatic heterocycles. The van der Waals surface area contributed by atoms with Gasteiger partial charge in [0.2, 0.25) is 0 Å². The molecule has 2 atom stereocenters. The van der Waals surface area contributed by atoms with Crippen LogP contribution in [0.3, 0.4) is 0 Å². The van der Waals surface area contributed by atoms with Crippen molar-refractivity contribution in [2.24, 2.45) is 5.41 Å². The van der Waals surface area contributed by atoms with Gasteiger partial charge in [-0.3, -0.25) is 0 Å². The van der Waals surface area contributed by atoms with Crippen molar-refractivity contribution < 1.29 is 19.3 Å². The molecule has 0 aromatic heterocycles. The van der Waals surface area contributed by atoms with Crippen LogP contribution in [-0.4, -0.2) is 43.5 Å². The lowest BCUT2D eigenvalue weighted by Gasteiger charge is -2.47. The van der Waals surface area contributed by atoms with Gasteiger partial charge in [0.25, 0.3) is 0 Å². The zero-order valence-corrected chi connectivity index (χ0v) is 19.0. The fourth-order valence-corrected chi connectivity index (χ4v) is 5.35. The van der Waals surface area contributed by atoms with Gasteiger partial charge >= 0.3 is 0 Å². The van der Waals surface area contributed by atoms with E-state index in [1.165, 1.54) is 5.56 Å². The third kappa shape index (κ3) is 3.65. The van der Waals surface area contributed by atoms with E-state index in [-0.39, 0.29) is 17.2 Å². The van der Waals surface area contributed by atoms with E-state index in [0.717, 1.165) is 47.6 Å². The van der Waals surface area contributed by atoms with Gasteiger partial charge in [-0.25, -0.2) is 0 Å². The Bertz CT molecular complexity index is 972. The molecule has 5 heteroatoms. The van der Waals surface area contributed by atoms with Crippen LogP contribution in [0.5, 0.6) is 11.5 Å². The van der Waals surface area contributed by atoms with Gasteiger partial charge in [0.15, 0.2) is 11.5 Å². The summed E-state index contributed by atoms with van der Waals surface area (Å²) in [5.41, 5.74) is 5.10. The predicted octanol–water partition coefficient (Wildman–Crippen LogP) is 5.56. The highest BCUT2D eigenvalue weighted by Crippen LogP contribution is 2.57. The Labute approximate surface area is 185 Å². The highest BCUT2D eigenvalue weighted by Gasteiger charge is 2.50. The molecule has 1 fully saturated rings. The average molecular weight is 424 g/mol. The number of nitrogens with zero attached hydrogens (tertiary/aromatic N) is 1. The Morgan fingerprint density at radius 2 is 2.00 bits per heavy atom. The number of hydrogen-bond donors (Lipinski definition) is 1. The molecule has 1 aliphatic carbocycles. The van der Waals surface area contributed by atoms with Crippen molar-refractivity contribution in [3.05, 3.63) is 65.6 Å². The van der Waals surface area contributed by atoms with Crippen LogP contribution in [0.2, 0.25) is 0 Å². The number of rotatable bonds is 7. The lowest BCUT2D eigenvalue weighted by atomic mass is 9.75. The van der Waals surface area contributed by atoms with Crippen LogP contribution in [0, 0.1) is 5.41 Å². The van der Waals surface area contributed by atoms with Crippen LogP contribution < -0.4 is 9.47 Å². The molecule has 1 saturated carbocycles. The topological polar surface area (TPSA) is 51.2 Å². The molecule has 4 rings (SSSR count). The monoisotopic (exact) mass is 423 g/mol. The molecule has 1 aromatic carbocycles. The Balaban J connectivity index is 1.82. The van der Waals surface area contributed by atoms with Crippen LogP contribution in [0.25, 0.3) is 5.70 Å². The van der Waals surface area contributed by atoms with E-state index in [9.17, 15) is 5.11 Å². The van der Waals surface area contributed by atoms with Gasteiger partial charge in [0.05, 0.1) is 13.7 Å². The van der Waals surface area contributed by atoms with Gasteiger partial charge in [-0.05, 0) is 47.6 Å². The molecule has 31 heavy (non-hydrogen) atoms. The summed E-state index contributed by atoms with van der Waals surface area (Å²) in [5, 5.41) is 10.1. The second-order valence-electron chi connectivity index (χ2n) is 9.32. The number of hydrogen-bond acceptors (Lipinski definition) is 5. The first-order chi connectivity index (χ1) is 14.8. The molecule has 166 valence electrons. The molecule has 5 nitrogen and oxygen atoms in total. The van der Waals surface area contributed by atoms with Crippen LogP contribution in [0.1, 0.15) is 50.2 Å². The van der Waals surface area contributed by atoms with E-state index in [2.05, 4.69) is 50.1 Å². The summed E-state index contributed by atoms with van der Waals surface area (Å²) in [6, 6.07) is 4.54. The lowest BCUT2D eigenvalue weighted by Crippen LogP contribution is -2.45. The number of aliphatic hydroxyl groups is 1. The minimum Gasteiger partial charge on any atom is -0.508 e. The van der Waals surface area contributed by atoms with Crippen molar-refractivity contribution in [2.75, 3.05) is 27.4 Å². The molecule has 1 N–H and O–H groups in total. The van der Waals surface area contributed by atoms with Crippen molar-refractivity contribution in [3.8, 4) is 11.5 Å². The fourth-order valence-electron chi connectivity index (χ4n) is 5.35. The van der Waals surface area contributed by atoms with E-state index in [0.29, 0.717) is 24.7 Å². The summed E-state index contributed by atoms with van der Waals surface area (Å²) >= 11 is 0. The smallest absolute Gasteiger partial charge is 0.161 e. The highest BCUT2D eigenvalue weighted by molar-refractivity contribution is 5.79. The first-order valence-electron chi connectivity index (χ1n) is 10.9.